The van der Waals surface area contributed by atoms with Crippen molar-refractivity contribution in [1.82, 2.24) is 29.8 Å². The van der Waals surface area contributed by atoms with Crippen LogP contribution in [-0.4, -0.2) is 89.9 Å². The molecule has 0 aliphatic carbocycles. The number of ether oxygens (including phenoxy) is 1. The van der Waals surface area contributed by atoms with Gasteiger partial charge in [0.15, 0.2) is 5.96 Å². The molecule has 0 bridgehead atoms. The van der Waals surface area contributed by atoms with E-state index in [1.54, 1.807) is 0 Å². The average Bonchev–Trinajstić information content (AvgIpc) is 3.25. The van der Waals surface area contributed by atoms with E-state index in [2.05, 4.69) is 63.4 Å². The summed E-state index contributed by atoms with van der Waals surface area (Å²) in [6.07, 6.45) is 3.94. The van der Waals surface area contributed by atoms with Crippen molar-refractivity contribution in [3.63, 3.8) is 0 Å². The molecule has 0 saturated carbocycles. The Kier molecular flexibility index (Phi) is 9.96. The third-order valence-corrected chi connectivity index (χ3v) is 6.23. The fourth-order valence-electron chi connectivity index (χ4n) is 4.26. The number of nitrogens with one attached hydrogen (secondary N) is 1. The quantitative estimate of drug-likeness (QED) is 0.329. The van der Waals surface area contributed by atoms with E-state index in [1.165, 1.54) is 11.1 Å². The zero-order valence-corrected chi connectivity index (χ0v) is 22.4. The number of halogens is 1. The number of piperazine rings is 1. The first-order chi connectivity index (χ1) is 15.6. The van der Waals surface area contributed by atoms with Crippen LogP contribution in [-0.2, 0) is 24.9 Å². The lowest BCUT2D eigenvalue weighted by molar-refractivity contribution is -0.00805. The molecule has 1 aromatic heterocycles. The molecule has 33 heavy (non-hydrogen) atoms. The molecule has 0 radical (unpaired) electrons. The summed E-state index contributed by atoms with van der Waals surface area (Å²) >= 11 is 0. The van der Waals surface area contributed by atoms with Gasteiger partial charge in [-0.15, -0.1) is 24.0 Å². The number of hydrogen-bond donors (Lipinski definition) is 1. The molecule has 2 aromatic rings. The number of nitrogens with zero attached hydrogens (tertiary/aromatic N) is 6. The van der Waals surface area contributed by atoms with Gasteiger partial charge in [0.05, 0.1) is 25.9 Å². The van der Waals surface area contributed by atoms with Gasteiger partial charge >= 0.3 is 0 Å². The van der Waals surface area contributed by atoms with Crippen molar-refractivity contribution in [2.24, 2.45) is 12.0 Å². The molecule has 2 aliphatic heterocycles. The smallest absolute Gasteiger partial charge is 0.194 e. The minimum Gasteiger partial charge on any atom is -0.370 e. The number of hydrogen-bond acceptors (Lipinski definition) is 5. The number of rotatable bonds is 6. The first-order valence-corrected chi connectivity index (χ1v) is 11.7. The van der Waals surface area contributed by atoms with E-state index < -0.39 is 0 Å². The lowest BCUT2D eigenvalue weighted by Crippen LogP contribution is -2.48. The molecule has 2 saturated heterocycles. The molecule has 1 atom stereocenters. The number of benzene rings is 1. The highest BCUT2D eigenvalue weighted by molar-refractivity contribution is 14.0. The van der Waals surface area contributed by atoms with Gasteiger partial charge in [0, 0.05) is 64.6 Å². The summed E-state index contributed by atoms with van der Waals surface area (Å²) in [5, 5.41) is 7.75. The Morgan fingerprint density at radius 3 is 2.48 bits per heavy atom. The summed E-state index contributed by atoms with van der Waals surface area (Å²) in [6.45, 7) is 11.6. The van der Waals surface area contributed by atoms with Crippen molar-refractivity contribution in [1.29, 1.82) is 0 Å². The van der Waals surface area contributed by atoms with Crippen LogP contribution in [0.25, 0.3) is 0 Å². The van der Waals surface area contributed by atoms with Crippen LogP contribution in [0.4, 0.5) is 0 Å². The Hall–Kier alpha value is -1.69. The van der Waals surface area contributed by atoms with E-state index in [-0.39, 0.29) is 30.1 Å². The number of aliphatic imine (C=N–C) groups is 1. The third-order valence-electron chi connectivity index (χ3n) is 6.23. The summed E-state index contributed by atoms with van der Waals surface area (Å²) in [6, 6.07) is 8.94. The van der Waals surface area contributed by atoms with Gasteiger partial charge in [-0.05, 0) is 25.1 Å². The molecule has 3 heterocycles. The molecule has 0 amide bonds. The Balaban J connectivity index is 0.00000306. The first kappa shape index (κ1) is 25.9. The SMILES string of the molecule is CCNC(=NCc1ccc(CN2CCN(C)CC2)cc1)N1CCOC(c2cnn(C)c2)C1.I. The molecule has 1 unspecified atom stereocenters. The molecule has 4 rings (SSSR count). The predicted molar refractivity (Wildman–Crippen MR) is 143 cm³/mol. The molecule has 2 aliphatic rings. The molecule has 0 spiro atoms. The normalized spacial score (nSPS) is 20.5. The van der Waals surface area contributed by atoms with Gasteiger partial charge < -0.3 is 19.9 Å². The van der Waals surface area contributed by atoms with Crippen molar-refractivity contribution < 1.29 is 4.74 Å². The second-order valence-corrected chi connectivity index (χ2v) is 8.82. The first-order valence-electron chi connectivity index (χ1n) is 11.7. The number of guanidine groups is 1. The fraction of sp³-hybridized carbons (Fsp3) is 0.583. The molecular formula is C24H38IN7O. The number of likely N-dealkylation sites (N-methyl/N-ethyl adjacent to an activating group) is 1. The third kappa shape index (κ3) is 7.40. The highest BCUT2D eigenvalue weighted by Crippen LogP contribution is 2.21. The Bertz CT molecular complexity index is 877. The van der Waals surface area contributed by atoms with Gasteiger partial charge in [-0.3, -0.25) is 9.58 Å². The molecule has 8 nitrogen and oxygen atoms in total. The van der Waals surface area contributed by atoms with Gasteiger partial charge in [0.2, 0.25) is 0 Å². The summed E-state index contributed by atoms with van der Waals surface area (Å²) in [5.41, 5.74) is 3.73. The van der Waals surface area contributed by atoms with Crippen LogP contribution in [0.5, 0.6) is 0 Å². The van der Waals surface area contributed by atoms with E-state index in [0.717, 1.165) is 63.9 Å². The van der Waals surface area contributed by atoms with Crippen LogP contribution >= 0.6 is 24.0 Å². The second kappa shape index (κ2) is 12.7. The zero-order valence-electron chi connectivity index (χ0n) is 20.1. The molecular weight excluding hydrogens is 529 g/mol. The monoisotopic (exact) mass is 567 g/mol. The van der Waals surface area contributed by atoms with E-state index in [4.69, 9.17) is 9.73 Å². The molecule has 2 fully saturated rings. The standard InChI is InChI=1S/C24H37N7O.HI/c1-4-25-24(31-13-14-32-23(19-31)22-16-27-29(3)18-22)26-15-20-5-7-21(8-6-20)17-30-11-9-28(2)10-12-30;/h5-8,16,18,23H,4,9-15,17,19H2,1-3H3,(H,25,26);1H. The zero-order chi connectivity index (χ0) is 22.3. The lowest BCUT2D eigenvalue weighted by atomic mass is 10.1. The van der Waals surface area contributed by atoms with Gasteiger partial charge in [-0.1, -0.05) is 24.3 Å². The van der Waals surface area contributed by atoms with E-state index in [1.807, 2.05) is 24.1 Å². The maximum absolute atomic E-state index is 6.00. The lowest BCUT2D eigenvalue weighted by Gasteiger charge is -2.34. The van der Waals surface area contributed by atoms with Crippen molar-refractivity contribution in [3.8, 4) is 0 Å². The van der Waals surface area contributed by atoms with Crippen molar-refractivity contribution >= 4 is 29.9 Å². The average molecular weight is 568 g/mol. The van der Waals surface area contributed by atoms with Gasteiger partial charge in [0.1, 0.15) is 6.10 Å². The topological polar surface area (TPSA) is 61.2 Å². The van der Waals surface area contributed by atoms with E-state index in [9.17, 15) is 0 Å². The number of aryl methyl sites for hydroxylation is 1. The molecule has 9 heteroatoms. The predicted octanol–water partition coefficient (Wildman–Crippen LogP) is 2.32. The maximum atomic E-state index is 6.00. The van der Waals surface area contributed by atoms with Crippen LogP contribution in [0, 0.1) is 0 Å². The van der Waals surface area contributed by atoms with Crippen LogP contribution < -0.4 is 5.32 Å². The molecule has 182 valence electrons. The summed E-state index contributed by atoms with van der Waals surface area (Å²) in [5.74, 6) is 0.950. The van der Waals surface area contributed by atoms with Crippen LogP contribution in [0.1, 0.15) is 29.7 Å². The molecule has 1 N–H and O–H groups in total. The summed E-state index contributed by atoms with van der Waals surface area (Å²) in [7, 11) is 4.14. The Labute approximate surface area is 215 Å². The van der Waals surface area contributed by atoms with Crippen molar-refractivity contribution in [2.45, 2.75) is 26.1 Å². The molecule has 1 aromatic carbocycles. The maximum Gasteiger partial charge on any atom is 0.194 e. The summed E-state index contributed by atoms with van der Waals surface area (Å²) < 4.78 is 7.82. The minimum atomic E-state index is 0. The van der Waals surface area contributed by atoms with E-state index in [0.29, 0.717) is 13.2 Å². The highest BCUT2D eigenvalue weighted by atomic mass is 127. The minimum absolute atomic E-state index is 0. The van der Waals surface area contributed by atoms with Crippen LogP contribution in [0.2, 0.25) is 0 Å². The highest BCUT2D eigenvalue weighted by Gasteiger charge is 2.25. The largest absolute Gasteiger partial charge is 0.370 e. The van der Waals surface area contributed by atoms with Gasteiger partial charge in [-0.2, -0.15) is 5.10 Å². The Morgan fingerprint density at radius 1 is 1.09 bits per heavy atom. The van der Waals surface area contributed by atoms with Crippen LogP contribution in [0.3, 0.4) is 0 Å². The van der Waals surface area contributed by atoms with Gasteiger partial charge in [0.25, 0.3) is 0 Å². The number of aromatic nitrogens is 2. The summed E-state index contributed by atoms with van der Waals surface area (Å²) in [4.78, 5) is 12.2. The van der Waals surface area contributed by atoms with E-state index >= 15 is 0 Å². The van der Waals surface area contributed by atoms with Gasteiger partial charge in [-0.25, -0.2) is 4.99 Å². The van der Waals surface area contributed by atoms with Crippen LogP contribution in [0.15, 0.2) is 41.7 Å². The number of morpholine rings is 1. The fourth-order valence-corrected chi connectivity index (χ4v) is 4.26. The van der Waals surface area contributed by atoms with Crippen molar-refractivity contribution in [2.75, 3.05) is 59.5 Å². The second-order valence-electron chi connectivity index (χ2n) is 8.82. The van der Waals surface area contributed by atoms with Crippen molar-refractivity contribution in [3.05, 3.63) is 53.3 Å². The Morgan fingerprint density at radius 2 is 1.82 bits per heavy atom.